The molecular weight excluding hydrogens is 258 g/mol. The molecule has 0 aromatic carbocycles. The lowest BCUT2D eigenvalue weighted by Gasteiger charge is -2.30. The molecule has 7 nitrogen and oxygen atoms in total. The Labute approximate surface area is 117 Å². The van der Waals surface area contributed by atoms with Crippen molar-refractivity contribution in [1.82, 2.24) is 9.13 Å². The summed E-state index contributed by atoms with van der Waals surface area (Å²) in [5, 5.41) is 12.1. The predicted octanol–water partition coefficient (Wildman–Crippen LogP) is -0.259. The van der Waals surface area contributed by atoms with Gasteiger partial charge in [-0.2, -0.15) is 5.26 Å². The van der Waals surface area contributed by atoms with Crippen molar-refractivity contribution in [3.63, 3.8) is 0 Å². The summed E-state index contributed by atoms with van der Waals surface area (Å²) in [6.45, 7) is 6.18. The Morgan fingerprint density at radius 1 is 1.35 bits per heavy atom. The molecule has 0 aliphatic rings. The summed E-state index contributed by atoms with van der Waals surface area (Å²) in [4.78, 5) is 23.8. The summed E-state index contributed by atoms with van der Waals surface area (Å²) in [5.74, 6) is 0.405. The van der Waals surface area contributed by atoms with Gasteiger partial charge in [-0.15, -0.1) is 0 Å². The van der Waals surface area contributed by atoms with Crippen LogP contribution >= 0.6 is 0 Å². The second kappa shape index (κ2) is 5.51. The fourth-order valence-corrected chi connectivity index (χ4v) is 1.63. The molecule has 1 aromatic rings. The quantitative estimate of drug-likeness (QED) is 0.790. The normalized spacial score (nSPS) is 13.9. The van der Waals surface area contributed by atoms with E-state index in [0.717, 1.165) is 4.57 Å². The second-order valence-corrected chi connectivity index (χ2v) is 5.56. The van der Waals surface area contributed by atoms with E-state index in [0.29, 0.717) is 6.54 Å². The highest BCUT2D eigenvalue weighted by atomic mass is 16.2. The van der Waals surface area contributed by atoms with Crippen molar-refractivity contribution in [3.05, 3.63) is 26.4 Å². The van der Waals surface area contributed by atoms with Crippen molar-refractivity contribution >= 4 is 5.82 Å². The van der Waals surface area contributed by atoms with Crippen molar-refractivity contribution < 1.29 is 0 Å². The maximum absolute atomic E-state index is 11.9. The van der Waals surface area contributed by atoms with Crippen molar-refractivity contribution in [3.8, 4) is 6.07 Å². The summed E-state index contributed by atoms with van der Waals surface area (Å²) < 4.78 is 2.16. The molecule has 20 heavy (non-hydrogen) atoms. The molecule has 1 aromatic heterocycles. The average Bonchev–Trinajstić information content (AvgIpc) is 2.38. The number of hydrogen-bond acceptors (Lipinski definition) is 5. The molecule has 0 aliphatic heterocycles. The average molecular weight is 279 g/mol. The third-order valence-corrected chi connectivity index (χ3v) is 3.73. The van der Waals surface area contributed by atoms with Gasteiger partial charge in [0.15, 0.2) is 5.56 Å². The second-order valence-electron chi connectivity index (χ2n) is 5.56. The topological polar surface area (TPSA) is 106 Å². The Bertz CT molecular complexity index is 661. The Hall–Kier alpha value is -2.07. The molecule has 0 radical (unpaired) electrons. The first-order chi connectivity index (χ1) is 9.13. The number of nitrogens with zero attached hydrogens (tertiary/aromatic N) is 3. The molecule has 1 heterocycles. The number of anilines is 1. The van der Waals surface area contributed by atoms with Gasteiger partial charge in [0.25, 0.3) is 5.56 Å². The minimum atomic E-state index is -0.610. The molecule has 0 aliphatic carbocycles. The number of aromatic nitrogens is 2. The zero-order chi connectivity index (χ0) is 15.7. The van der Waals surface area contributed by atoms with Crippen molar-refractivity contribution in [2.45, 2.75) is 26.3 Å². The lowest BCUT2D eigenvalue weighted by molar-refractivity contribution is 0.358. The van der Waals surface area contributed by atoms with Crippen molar-refractivity contribution in [2.75, 3.05) is 11.9 Å². The Kier molecular flexibility index (Phi) is 4.40. The van der Waals surface area contributed by atoms with E-state index in [9.17, 15) is 9.59 Å². The van der Waals surface area contributed by atoms with Crippen LogP contribution in [0.5, 0.6) is 0 Å². The summed E-state index contributed by atoms with van der Waals surface area (Å²) in [7, 11) is 2.85. The number of nitrogens with one attached hydrogen (secondary N) is 1. The predicted molar refractivity (Wildman–Crippen MR) is 77.6 cm³/mol. The largest absolute Gasteiger partial charge is 0.368 e. The Balaban J connectivity index is 3.31. The molecule has 0 unspecified atom stereocenters. The van der Waals surface area contributed by atoms with Gasteiger partial charge in [-0.3, -0.25) is 13.9 Å². The molecule has 0 amide bonds. The number of rotatable bonds is 4. The van der Waals surface area contributed by atoms with E-state index < -0.39 is 16.8 Å². The monoisotopic (exact) mass is 279 g/mol. The van der Waals surface area contributed by atoms with Gasteiger partial charge in [-0.1, -0.05) is 13.8 Å². The van der Waals surface area contributed by atoms with Crippen LogP contribution in [-0.4, -0.2) is 21.2 Å². The van der Waals surface area contributed by atoms with E-state index in [4.69, 9.17) is 11.0 Å². The molecule has 0 spiro atoms. The van der Waals surface area contributed by atoms with Crippen LogP contribution in [0, 0.1) is 17.2 Å². The third kappa shape index (κ3) is 2.75. The zero-order valence-electron chi connectivity index (χ0n) is 12.5. The first-order valence-corrected chi connectivity index (χ1v) is 6.36. The van der Waals surface area contributed by atoms with E-state index in [1.165, 1.54) is 18.7 Å². The maximum Gasteiger partial charge on any atom is 0.332 e. The molecule has 3 N–H and O–H groups in total. The lowest BCUT2D eigenvalue weighted by Crippen LogP contribution is -2.49. The fourth-order valence-electron chi connectivity index (χ4n) is 1.63. The van der Waals surface area contributed by atoms with E-state index in [-0.39, 0.29) is 17.3 Å². The van der Waals surface area contributed by atoms with E-state index in [2.05, 4.69) is 5.32 Å². The van der Waals surface area contributed by atoms with Crippen LogP contribution in [-0.2, 0) is 14.1 Å². The highest BCUT2D eigenvalue weighted by Gasteiger charge is 2.24. The molecule has 1 rings (SSSR count). The van der Waals surface area contributed by atoms with E-state index in [1.54, 1.807) is 0 Å². The van der Waals surface area contributed by atoms with Gasteiger partial charge in [0.05, 0.1) is 0 Å². The van der Waals surface area contributed by atoms with Crippen molar-refractivity contribution in [2.24, 2.45) is 25.7 Å². The Morgan fingerprint density at radius 3 is 2.35 bits per heavy atom. The molecule has 0 bridgehead atoms. The van der Waals surface area contributed by atoms with Crippen LogP contribution in [0.25, 0.3) is 0 Å². The molecular formula is C13H21N5O2. The molecule has 0 saturated carbocycles. The van der Waals surface area contributed by atoms with E-state index >= 15 is 0 Å². The van der Waals surface area contributed by atoms with Gasteiger partial charge in [-0.25, -0.2) is 4.79 Å². The number of nitriles is 1. The van der Waals surface area contributed by atoms with Crippen LogP contribution in [0.4, 0.5) is 5.82 Å². The van der Waals surface area contributed by atoms with Gasteiger partial charge in [0, 0.05) is 26.2 Å². The summed E-state index contributed by atoms with van der Waals surface area (Å²) in [6.07, 6.45) is 0. The first-order valence-electron chi connectivity index (χ1n) is 6.36. The standard InChI is InChI=1S/C13H21N5O2/c1-8(2)13(3,15)7-16-10-9(6-14)11(19)18(5)12(20)17(10)4/h8,16H,7,15H2,1-5H3/t13-/m0/s1. The number of hydrogen-bond donors (Lipinski definition) is 2. The SMILES string of the molecule is CC(C)[C@@](C)(N)CNc1c(C#N)c(=O)n(C)c(=O)n1C. The highest BCUT2D eigenvalue weighted by molar-refractivity contribution is 5.51. The summed E-state index contributed by atoms with van der Waals surface area (Å²) in [5.41, 5.74) is 4.43. The molecule has 110 valence electrons. The molecule has 0 saturated heterocycles. The smallest absolute Gasteiger partial charge is 0.332 e. The van der Waals surface area contributed by atoms with Crippen molar-refractivity contribution in [1.29, 1.82) is 5.26 Å². The van der Waals surface area contributed by atoms with Crippen LogP contribution < -0.4 is 22.3 Å². The van der Waals surface area contributed by atoms with Crippen LogP contribution in [0.1, 0.15) is 26.3 Å². The molecule has 7 heteroatoms. The van der Waals surface area contributed by atoms with Gasteiger partial charge >= 0.3 is 5.69 Å². The summed E-state index contributed by atoms with van der Waals surface area (Å²) in [6, 6.07) is 1.84. The first kappa shape index (κ1) is 16.0. The van der Waals surface area contributed by atoms with Gasteiger partial charge in [0.1, 0.15) is 11.9 Å². The minimum absolute atomic E-state index is 0.0887. The van der Waals surface area contributed by atoms with Crippen LogP contribution in [0.3, 0.4) is 0 Å². The Morgan fingerprint density at radius 2 is 1.90 bits per heavy atom. The number of nitrogens with two attached hydrogens (primary N) is 1. The molecule has 1 atom stereocenters. The van der Waals surface area contributed by atoms with Gasteiger partial charge in [0.2, 0.25) is 0 Å². The van der Waals surface area contributed by atoms with Crippen LogP contribution in [0.2, 0.25) is 0 Å². The van der Waals surface area contributed by atoms with Crippen LogP contribution in [0.15, 0.2) is 9.59 Å². The molecule has 0 fully saturated rings. The lowest BCUT2D eigenvalue weighted by atomic mass is 9.90. The van der Waals surface area contributed by atoms with Gasteiger partial charge < -0.3 is 11.1 Å². The highest BCUT2D eigenvalue weighted by Crippen LogP contribution is 2.15. The zero-order valence-corrected chi connectivity index (χ0v) is 12.5. The third-order valence-electron chi connectivity index (χ3n) is 3.73. The fraction of sp³-hybridized carbons (Fsp3) is 0.615. The maximum atomic E-state index is 11.9. The van der Waals surface area contributed by atoms with Gasteiger partial charge in [-0.05, 0) is 12.8 Å². The summed E-state index contributed by atoms with van der Waals surface area (Å²) >= 11 is 0. The minimum Gasteiger partial charge on any atom is -0.368 e. The van der Waals surface area contributed by atoms with E-state index in [1.807, 2.05) is 26.8 Å².